The lowest BCUT2D eigenvalue weighted by Gasteiger charge is -2.14. The van der Waals surface area contributed by atoms with E-state index in [1.54, 1.807) is 62.0 Å². The zero-order valence-electron chi connectivity index (χ0n) is 25.3. The second-order valence-corrected chi connectivity index (χ2v) is 10.3. The molecule has 16 heteroatoms. The molecule has 1 unspecified atom stereocenters. The van der Waals surface area contributed by atoms with Gasteiger partial charge in [0.15, 0.2) is 6.10 Å². The first-order valence-electron chi connectivity index (χ1n) is 14.0. The summed E-state index contributed by atoms with van der Waals surface area (Å²) in [6, 6.07) is 13.7. The van der Waals surface area contributed by atoms with Crippen molar-refractivity contribution < 1.29 is 42.9 Å². The molecule has 3 heterocycles. The largest absolute Gasteiger partial charge is 0.481 e. The minimum Gasteiger partial charge on any atom is -0.481 e. The van der Waals surface area contributed by atoms with Crippen LogP contribution >= 0.6 is 0 Å². The third kappa shape index (κ3) is 9.43. The standard InChI is InChI=1S/C28H22F3N7O.C4H6O5/c1-17-5-6-19(10-25(17)37-27-33-9-7-24(36-27)20-4-3-8-32-14-20)26(39)35-22-11-21(28(29,30)31)12-23(13-22)38-15-18(2)34-16-38;5-2(4(8)9)1-3(6)7/h3-16H,1-2H3,(H,35,39)(H,33,36,37);2,5H,1H2,(H,6,7)(H,8,9). The number of aliphatic carboxylic acids is 2. The van der Waals surface area contributed by atoms with Crippen LogP contribution in [0.3, 0.4) is 0 Å². The minimum absolute atomic E-state index is 0.00114. The maximum absolute atomic E-state index is 13.6. The number of carbonyl (C=O) groups excluding carboxylic acids is 1. The van der Waals surface area contributed by atoms with E-state index >= 15 is 0 Å². The minimum atomic E-state index is -4.60. The maximum atomic E-state index is 13.6. The lowest BCUT2D eigenvalue weighted by molar-refractivity contribution is -0.152. The molecule has 1 amide bonds. The number of amides is 1. The van der Waals surface area contributed by atoms with Gasteiger partial charge in [0, 0.05) is 53.0 Å². The quantitative estimate of drug-likeness (QED) is 0.138. The van der Waals surface area contributed by atoms with Gasteiger partial charge in [-0.05, 0) is 67.9 Å². The first kappa shape index (κ1) is 34.7. The maximum Gasteiger partial charge on any atom is 0.416 e. The predicted octanol–water partition coefficient (Wildman–Crippen LogP) is 5.26. The Morgan fingerprint density at radius 3 is 2.35 bits per heavy atom. The monoisotopic (exact) mass is 663 g/mol. The number of imidazole rings is 1. The van der Waals surface area contributed by atoms with Gasteiger partial charge in [0.05, 0.1) is 29.7 Å². The van der Waals surface area contributed by atoms with Gasteiger partial charge in [0.1, 0.15) is 0 Å². The number of benzene rings is 2. The van der Waals surface area contributed by atoms with Gasteiger partial charge in [0.2, 0.25) is 5.95 Å². The Bertz CT molecular complexity index is 1930. The van der Waals surface area contributed by atoms with Crippen LogP contribution in [0.4, 0.5) is 30.5 Å². The van der Waals surface area contributed by atoms with E-state index in [1.807, 2.05) is 13.0 Å². The van der Waals surface area contributed by atoms with Crippen molar-refractivity contribution in [3.63, 3.8) is 0 Å². The van der Waals surface area contributed by atoms with Crippen molar-refractivity contribution in [3.8, 4) is 16.9 Å². The van der Waals surface area contributed by atoms with Crippen LogP contribution in [-0.2, 0) is 15.8 Å². The molecule has 0 fully saturated rings. The Morgan fingerprint density at radius 1 is 0.979 bits per heavy atom. The number of hydrogen-bond acceptors (Lipinski definition) is 9. The van der Waals surface area contributed by atoms with Gasteiger partial charge in [0.25, 0.3) is 5.91 Å². The number of pyridine rings is 1. The number of aryl methyl sites for hydroxylation is 2. The highest BCUT2D eigenvalue weighted by Gasteiger charge is 2.31. The van der Waals surface area contributed by atoms with Gasteiger partial charge in [-0.25, -0.2) is 19.7 Å². The lowest BCUT2D eigenvalue weighted by Crippen LogP contribution is -2.22. The van der Waals surface area contributed by atoms with Crippen LogP contribution in [0, 0.1) is 13.8 Å². The number of aliphatic hydroxyl groups is 1. The molecule has 3 aromatic heterocycles. The average Bonchev–Trinajstić information content (AvgIpc) is 3.48. The predicted molar refractivity (Wildman–Crippen MR) is 167 cm³/mol. The molecule has 0 saturated heterocycles. The first-order valence-corrected chi connectivity index (χ1v) is 14.0. The number of halogens is 3. The number of carboxylic acids is 2. The van der Waals surface area contributed by atoms with Crippen molar-refractivity contribution in [2.45, 2.75) is 32.5 Å². The summed E-state index contributed by atoms with van der Waals surface area (Å²) in [5, 5.41) is 29.9. The van der Waals surface area contributed by atoms with Gasteiger partial charge in [-0.1, -0.05) is 6.07 Å². The molecule has 0 aliphatic rings. The van der Waals surface area contributed by atoms with Gasteiger partial charge in [-0.3, -0.25) is 14.6 Å². The molecule has 5 rings (SSSR count). The Balaban J connectivity index is 0.000000508. The SMILES string of the molecule is Cc1cn(-c2cc(NC(=O)c3ccc(C)c(Nc4nccc(-c5cccnc5)n4)c3)cc(C(F)(F)F)c2)cn1.O=C(O)CC(O)C(=O)O. The van der Waals surface area contributed by atoms with Crippen LogP contribution in [0.5, 0.6) is 0 Å². The van der Waals surface area contributed by atoms with Crippen LogP contribution in [-0.4, -0.2) is 63.8 Å². The number of aromatic nitrogens is 5. The average molecular weight is 664 g/mol. The Hall–Kier alpha value is -6.16. The molecule has 248 valence electrons. The van der Waals surface area contributed by atoms with Crippen LogP contribution < -0.4 is 10.6 Å². The Kier molecular flexibility index (Phi) is 10.8. The summed E-state index contributed by atoms with van der Waals surface area (Å²) in [6.07, 6.45) is 0.840. The molecule has 5 N–H and O–H groups in total. The number of nitrogens with zero attached hydrogens (tertiary/aromatic N) is 5. The molecule has 48 heavy (non-hydrogen) atoms. The highest BCUT2D eigenvalue weighted by Crippen LogP contribution is 2.33. The third-order valence-corrected chi connectivity index (χ3v) is 6.52. The van der Waals surface area contributed by atoms with Crippen molar-refractivity contribution in [2.24, 2.45) is 0 Å². The zero-order valence-corrected chi connectivity index (χ0v) is 25.3. The number of aliphatic hydroxyl groups excluding tert-OH is 1. The van der Waals surface area contributed by atoms with Crippen LogP contribution in [0.2, 0.25) is 0 Å². The number of carbonyl (C=O) groups is 3. The zero-order chi connectivity index (χ0) is 35.0. The third-order valence-electron chi connectivity index (χ3n) is 6.52. The molecule has 13 nitrogen and oxygen atoms in total. The summed E-state index contributed by atoms with van der Waals surface area (Å²) in [4.78, 5) is 49.5. The number of nitrogens with one attached hydrogen (secondary N) is 2. The van der Waals surface area contributed by atoms with Crippen molar-refractivity contribution in [1.82, 2.24) is 24.5 Å². The summed E-state index contributed by atoms with van der Waals surface area (Å²) >= 11 is 0. The van der Waals surface area contributed by atoms with E-state index in [0.29, 0.717) is 23.0 Å². The normalized spacial score (nSPS) is 11.5. The van der Waals surface area contributed by atoms with Crippen molar-refractivity contribution in [3.05, 3.63) is 108 Å². The van der Waals surface area contributed by atoms with Gasteiger partial charge >= 0.3 is 18.1 Å². The fourth-order valence-corrected chi connectivity index (χ4v) is 4.13. The van der Waals surface area contributed by atoms with Crippen LogP contribution in [0.1, 0.15) is 33.6 Å². The molecule has 2 aromatic carbocycles. The molecule has 0 bridgehead atoms. The Morgan fingerprint density at radius 2 is 1.75 bits per heavy atom. The van der Waals surface area contributed by atoms with E-state index in [9.17, 15) is 27.6 Å². The molecular weight excluding hydrogens is 635 g/mol. The molecule has 0 aliphatic heterocycles. The fourth-order valence-electron chi connectivity index (χ4n) is 4.13. The van der Waals surface area contributed by atoms with E-state index in [4.69, 9.17) is 15.3 Å². The second kappa shape index (κ2) is 15.0. The highest BCUT2D eigenvalue weighted by atomic mass is 19.4. The van der Waals surface area contributed by atoms with Crippen LogP contribution in [0.25, 0.3) is 16.9 Å². The van der Waals surface area contributed by atoms with Crippen molar-refractivity contribution >= 4 is 35.2 Å². The topological polar surface area (TPSA) is 192 Å². The van der Waals surface area contributed by atoms with E-state index in [2.05, 4.69) is 30.6 Å². The second-order valence-electron chi connectivity index (χ2n) is 10.3. The van der Waals surface area contributed by atoms with Gasteiger partial charge < -0.3 is 30.5 Å². The lowest BCUT2D eigenvalue weighted by atomic mass is 10.1. The van der Waals surface area contributed by atoms with E-state index in [1.165, 1.54) is 17.0 Å². The molecule has 5 aromatic rings. The number of alkyl halides is 3. The van der Waals surface area contributed by atoms with Crippen molar-refractivity contribution in [1.29, 1.82) is 0 Å². The Labute approximate surface area is 270 Å². The molecule has 0 aliphatic carbocycles. The fraction of sp³-hybridized carbons (Fsp3) is 0.156. The van der Waals surface area contributed by atoms with Crippen LogP contribution in [0.15, 0.2) is 85.7 Å². The summed E-state index contributed by atoms with van der Waals surface area (Å²) in [6.45, 7) is 3.58. The molecule has 0 saturated carbocycles. The van der Waals surface area contributed by atoms with E-state index in [-0.39, 0.29) is 16.9 Å². The summed E-state index contributed by atoms with van der Waals surface area (Å²) in [7, 11) is 0. The number of rotatable bonds is 9. The van der Waals surface area contributed by atoms with E-state index in [0.717, 1.165) is 23.3 Å². The molecular formula is C32H28F3N7O6. The van der Waals surface area contributed by atoms with Gasteiger partial charge in [-0.15, -0.1) is 0 Å². The smallest absolute Gasteiger partial charge is 0.416 e. The summed E-state index contributed by atoms with van der Waals surface area (Å²) in [5.74, 6) is -3.10. The highest BCUT2D eigenvalue weighted by molar-refractivity contribution is 6.05. The first-order chi connectivity index (χ1) is 22.7. The van der Waals surface area contributed by atoms with E-state index < -0.39 is 42.1 Å². The number of carboxylic acid groups (broad SMARTS) is 2. The molecule has 0 spiro atoms. The molecule has 1 atom stereocenters. The summed E-state index contributed by atoms with van der Waals surface area (Å²) in [5.41, 5.74) is 3.09. The van der Waals surface area contributed by atoms with Gasteiger partial charge in [-0.2, -0.15) is 13.2 Å². The summed E-state index contributed by atoms with van der Waals surface area (Å²) < 4.78 is 42.3. The number of hydrogen-bond donors (Lipinski definition) is 5. The number of anilines is 3. The van der Waals surface area contributed by atoms with Crippen molar-refractivity contribution in [2.75, 3.05) is 10.6 Å². The molecule has 0 radical (unpaired) electrons.